The van der Waals surface area contributed by atoms with Gasteiger partial charge in [-0.3, -0.25) is 9.69 Å². The topological polar surface area (TPSA) is 46.3 Å². The lowest BCUT2D eigenvalue weighted by molar-refractivity contribution is -0.128. The second-order valence-corrected chi connectivity index (χ2v) is 6.52. The summed E-state index contributed by atoms with van der Waals surface area (Å²) in [5, 5.41) is 0.619. The summed E-state index contributed by atoms with van der Waals surface area (Å²) in [5.41, 5.74) is 9.02. The van der Waals surface area contributed by atoms with Crippen LogP contribution >= 0.6 is 11.6 Å². The Morgan fingerprint density at radius 1 is 1.26 bits per heavy atom. The van der Waals surface area contributed by atoms with Crippen LogP contribution in [0.1, 0.15) is 42.1 Å². The lowest BCUT2D eigenvalue weighted by Crippen LogP contribution is -2.53. The third kappa shape index (κ3) is 2.11. The molecule has 0 aliphatic carbocycles. The predicted molar refractivity (Wildman–Crippen MR) is 93.4 cm³/mol. The Hall–Kier alpha value is -1.84. The Labute approximate surface area is 142 Å². The predicted octanol–water partition coefficient (Wildman–Crippen LogP) is 3.77. The van der Waals surface area contributed by atoms with Crippen molar-refractivity contribution in [3.63, 3.8) is 0 Å². The van der Waals surface area contributed by atoms with Crippen LogP contribution in [0.25, 0.3) is 0 Å². The molecule has 2 aromatic carbocycles. The van der Waals surface area contributed by atoms with Crippen molar-refractivity contribution in [2.75, 3.05) is 6.54 Å². The summed E-state index contributed by atoms with van der Waals surface area (Å²) in [5.74, 6) is -0.360. The Morgan fingerprint density at radius 3 is 2.57 bits per heavy atom. The number of likely N-dealkylation sites (N-methyl/N-ethyl adjacent to an activating group) is 1. The number of primary amides is 1. The van der Waals surface area contributed by atoms with Gasteiger partial charge < -0.3 is 5.73 Å². The van der Waals surface area contributed by atoms with E-state index in [2.05, 4.69) is 18.7 Å². The molecule has 0 bridgehead atoms. The molecule has 120 valence electrons. The molecule has 2 aromatic rings. The van der Waals surface area contributed by atoms with Gasteiger partial charge in [-0.05, 0) is 54.8 Å². The van der Waals surface area contributed by atoms with Gasteiger partial charge in [-0.2, -0.15) is 0 Å². The summed E-state index contributed by atoms with van der Waals surface area (Å²) in [4.78, 5) is 15.0. The molecular weight excluding hydrogens is 308 g/mol. The minimum Gasteiger partial charge on any atom is -0.367 e. The van der Waals surface area contributed by atoms with Crippen molar-refractivity contribution >= 4 is 17.5 Å². The second-order valence-electron chi connectivity index (χ2n) is 6.08. The zero-order valence-electron chi connectivity index (χ0n) is 13.6. The summed E-state index contributed by atoms with van der Waals surface area (Å²) < 4.78 is 0. The zero-order valence-corrected chi connectivity index (χ0v) is 14.4. The standard InChI is InChI=1S/C19H21ClN2O/c1-4-22-13(3)15-10-9-14(20)11-17(15)19(22,18(21)23)16-8-6-5-7-12(16)2/h5-11,13H,4H2,1-3H3,(H2,21,23). The van der Waals surface area contributed by atoms with Crippen LogP contribution in [0.15, 0.2) is 42.5 Å². The normalized spacial score (nSPS) is 23.7. The first kappa shape index (κ1) is 16.0. The van der Waals surface area contributed by atoms with Crippen molar-refractivity contribution < 1.29 is 4.79 Å². The molecule has 3 nitrogen and oxygen atoms in total. The lowest BCUT2D eigenvalue weighted by Gasteiger charge is -2.39. The van der Waals surface area contributed by atoms with E-state index in [0.29, 0.717) is 11.6 Å². The number of aryl methyl sites for hydroxylation is 1. The summed E-state index contributed by atoms with van der Waals surface area (Å²) >= 11 is 6.25. The summed E-state index contributed by atoms with van der Waals surface area (Å²) in [6, 6.07) is 13.8. The van der Waals surface area contributed by atoms with Gasteiger partial charge in [-0.1, -0.05) is 48.9 Å². The minimum atomic E-state index is -0.972. The van der Waals surface area contributed by atoms with Crippen LogP contribution in [0.5, 0.6) is 0 Å². The molecule has 1 heterocycles. The van der Waals surface area contributed by atoms with Crippen LogP contribution in [0.4, 0.5) is 0 Å². The number of benzene rings is 2. The first-order valence-corrected chi connectivity index (χ1v) is 8.25. The zero-order chi connectivity index (χ0) is 16.8. The average Bonchev–Trinajstić information content (AvgIpc) is 2.76. The number of fused-ring (bicyclic) bond motifs is 1. The Bertz CT molecular complexity index is 774. The van der Waals surface area contributed by atoms with Gasteiger partial charge >= 0.3 is 0 Å². The largest absolute Gasteiger partial charge is 0.367 e. The summed E-state index contributed by atoms with van der Waals surface area (Å²) in [6.45, 7) is 6.89. The maximum Gasteiger partial charge on any atom is 0.247 e. The minimum absolute atomic E-state index is 0.0966. The van der Waals surface area contributed by atoms with Crippen LogP contribution in [0.3, 0.4) is 0 Å². The molecule has 1 aliphatic heterocycles. The van der Waals surface area contributed by atoms with Crippen LogP contribution in [-0.4, -0.2) is 17.4 Å². The molecule has 0 fully saturated rings. The molecule has 0 saturated heterocycles. The Morgan fingerprint density at radius 2 is 1.96 bits per heavy atom. The molecule has 0 aromatic heterocycles. The summed E-state index contributed by atoms with van der Waals surface area (Å²) in [7, 11) is 0. The van der Waals surface area contributed by atoms with E-state index in [4.69, 9.17) is 17.3 Å². The monoisotopic (exact) mass is 328 g/mol. The van der Waals surface area contributed by atoms with E-state index in [9.17, 15) is 4.79 Å². The Kier molecular flexibility index (Phi) is 3.95. The van der Waals surface area contributed by atoms with Crippen molar-refractivity contribution in [2.45, 2.75) is 32.4 Å². The molecule has 0 spiro atoms. The van der Waals surface area contributed by atoms with E-state index in [1.807, 2.05) is 49.4 Å². The maximum atomic E-state index is 12.8. The van der Waals surface area contributed by atoms with Gasteiger partial charge in [0, 0.05) is 11.1 Å². The molecule has 0 radical (unpaired) electrons. The van der Waals surface area contributed by atoms with E-state index in [-0.39, 0.29) is 11.9 Å². The number of amides is 1. The smallest absolute Gasteiger partial charge is 0.247 e. The molecule has 1 amide bonds. The van der Waals surface area contributed by atoms with Crippen LogP contribution in [0.2, 0.25) is 5.02 Å². The third-order valence-corrected chi connectivity index (χ3v) is 5.22. The maximum absolute atomic E-state index is 12.8. The number of hydrogen-bond acceptors (Lipinski definition) is 2. The van der Waals surface area contributed by atoms with Crippen molar-refractivity contribution in [1.82, 2.24) is 4.90 Å². The fourth-order valence-corrected chi connectivity index (χ4v) is 4.19. The molecule has 0 saturated carbocycles. The van der Waals surface area contributed by atoms with Gasteiger partial charge in [0.25, 0.3) is 0 Å². The highest BCUT2D eigenvalue weighted by molar-refractivity contribution is 6.30. The highest BCUT2D eigenvalue weighted by Crippen LogP contribution is 2.51. The van der Waals surface area contributed by atoms with Gasteiger partial charge in [-0.15, -0.1) is 0 Å². The molecule has 2 N–H and O–H groups in total. The molecule has 1 aliphatic rings. The second kappa shape index (κ2) is 5.66. The number of carbonyl (C=O) groups is 1. The molecule has 2 unspecified atom stereocenters. The van der Waals surface area contributed by atoms with Crippen molar-refractivity contribution in [3.05, 3.63) is 69.7 Å². The molecular formula is C19H21ClN2O. The molecule has 2 atom stereocenters. The van der Waals surface area contributed by atoms with Crippen LogP contribution in [-0.2, 0) is 10.3 Å². The van der Waals surface area contributed by atoms with Gasteiger partial charge in [0.15, 0.2) is 5.54 Å². The van der Waals surface area contributed by atoms with Gasteiger partial charge in [0.1, 0.15) is 0 Å². The molecule has 23 heavy (non-hydrogen) atoms. The first-order valence-electron chi connectivity index (χ1n) is 7.87. The van der Waals surface area contributed by atoms with Crippen molar-refractivity contribution in [1.29, 1.82) is 0 Å². The van der Waals surface area contributed by atoms with E-state index in [0.717, 1.165) is 22.3 Å². The number of nitrogens with two attached hydrogens (primary N) is 1. The highest BCUT2D eigenvalue weighted by Gasteiger charge is 2.54. The van der Waals surface area contributed by atoms with Crippen molar-refractivity contribution in [2.24, 2.45) is 5.73 Å². The van der Waals surface area contributed by atoms with Crippen molar-refractivity contribution in [3.8, 4) is 0 Å². The van der Waals surface area contributed by atoms with Crippen LogP contribution in [0, 0.1) is 6.92 Å². The van der Waals surface area contributed by atoms with Crippen LogP contribution < -0.4 is 5.73 Å². The number of hydrogen-bond donors (Lipinski definition) is 1. The van der Waals surface area contributed by atoms with Gasteiger partial charge in [0.2, 0.25) is 5.91 Å². The quantitative estimate of drug-likeness (QED) is 0.932. The van der Waals surface area contributed by atoms with Gasteiger partial charge in [-0.25, -0.2) is 0 Å². The highest BCUT2D eigenvalue weighted by atomic mass is 35.5. The fourth-order valence-electron chi connectivity index (χ4n) is 4.02. The van der Waals surface area contributed by atoms with E-state index < -0.39 is 5.54 Å². The van der Waals surface area contributed by atoms with E-state index >= 15 is 0 Å². The molecule has 4 heteroatoms. The number of halogens is 1. The average molecular weight is 329 g/mol. The van der Waals surface area contributed by atoms with Gasteiger partial charge in [0.05, 0.1) is 0 Å². The number of rotatable bonds is 3. The molecule has 3 rings (SSSR count). The lowest BCUT2D eigenvalue weighted by atomic mass is 9.80. The fraction of sp³-hybridized carbons (Fsp3) is 0.316. The van der Waals surface area contributed by atoms with E-state index in [1.54, 1.807) is 0 Å². The summed E-state index contributed by atoms with van der Waals surface area (Å²) in [6.07, 6.45) is 0. The van der Waals surface area contributed by atoms with E-state index in [1.165, 1.54) is 0 Å². The third-order valence-electron chi connectivity index (χ3n) is 4.99. The Balaban J connectivity index is 2.42. The first-order chi connectivity index (χ1) is 10.9. The SMILES string of the molecule is CCN1C(C)c2ccc(Cl)cc2C1(C(N)=O)c1ccccc1C. The number of carbonyl (C=O) groups excluding carboxylic acids is 1. The number of nitrogens with zero attached hydrogens (tertiary/aromatic N) is 1.